The smallest absolute Gasteiger partial charge is 0.00264 e. The van der Waals surface area contributed by atoms with E-state index < -0.39 is 0 Å². The second-order valence-corrected chi connectivity index (χ2v) is 2.24. The fraction of sp³-hybridized carbons (Fsp3) is 0.250. The van der Waals surface area contributed by atoms with Crippen molar-refractivity contribution in [2.75, 3.05) is 0 Å². The van der Waals surface area contributed by atoms with Gasteiger partial charge in [-0.15, -0.1) is 0 Å². The molecule has 0 aromatic carbocycles. The van der Waals surface area contributed by atoms with Crippen molar-refractivity contribution in [3.63, 3.8) is 0 Å². The van der Waals surface area contributed by atoms with E-state index in [9.17, 15) is 0 Å². The monoisotopic (exact) mass is 121 g/mol. The zero-order valence-electron chi connectivity index (χ0n) is 5.59. The maximum atomic E-state index is 5.32. The molecule has 1 nitrogen and oxygen atoms in total. The molecule has 1 rings (SSSR count). The predicted molar refractivity (Wildman–Crippen MR) is 39.8 cm³/mol. The number of hydrogen-bond donors (Lipinski definition) is 1. The van der Waals surface area contributed by atoms with Crippen molar-refractivity contribution in [2.45, 2.75) is 13.3 Å². The quantitative estimate of drug-likeness (QED) is 0.519. The van der Waals surface area contributed by atoms with Crippen molar-refractivity contribution >= 4 is 0 Å². The Kier molecular flexibility index (Phi) is 1.73. The first-order chi connectivity index (χ1) is 4.33. The Hall–Kier alpha value is -0.980. The standard InChI is InChI=1S/C8H11N/c1-7-3-2-4-8(5-7)6-9/h2-3,5-6H,4,9H2,1H3/b8-6-. The van der Waals surface area contributed by atoms with Crippen LogP contribution < -0.4 is 5.73 Å². The highest BCUT2D eigenvalue weighted by molar-refractivity contribution is 5.34. The molecule has 1 aliphatic carbocycles. The molecule has 0 unspecified atom stereocenters. The molecule has 0 saturated carbocycles. The minimum Gasteiger partial charge on any atom is -0.404 e. The van der Waals surface area contributed by atoms with Crippen LogP contribution in [0.2, 0.25) is 0 Å². The Labute approximate surface area is 55.6 Å². The third kappa shape index (κ3) is 1.46. The molecule has 0 atom stereocenters. The highest BCUT2D eigenvalue weighted by atomic mass is 14.5. The lowest BCUT2D eigenvalue weighted by atomic mass is 10.0. The Morgan fingerprint density at radius 3 is 2.89 bits per heavy atom. The second-order valence-electron chi connectivity index (χ2n) is 2.24. The summed E-state index contributed by atoms with van der Waals surface area (Å²) in [5.74, 6) is 0. The molecule has 0 spiro atoms. The number of rotatable bonds is 0. The summed E-state index contributed by atoms with van der Waals surface area (Å²) in [5.41, 5.74) is 7.80. The minimum absolute atomic E-state index is 0.980. The molecule has 0 radical (unpaired) electrons. The summed E-state index contributed by atoms with van der Waals surface area (Å²) in [7, 11) is 0. The van der Waals surface area contributed by atoms with E-state index in [0.29, 0.717) is 0 Å². The van der Waals surface area contributed by atoms with E-state index in [1.54, 1.807) is 6.20 Å². The van der Waals surface area contributed by atoms with Gasteiger partial charge in [-0.3, -0.25) is 0 Å². The summed E-state index contributed by atoms with van der Waals surface area (Å²) in [6.45, 7) is 2.07. The highest BCUT2D eigenvalue weighted by Gasteiger charge is 1.94. The first kappa shape index (κ1) is 6.14. The number of nitrogens with two attached hydrogens (primary N) is 1. The van der Waals surface area contributed by atoms with Crippen LogP contribution in [0.25, 0.3) is 0 Å². The van der Waals surface area contributed by atoms with Gasteiger partial charge in [0.2, 0.25) is 0 Å². The van der Waals surface area contributed by atoms with Crippen LogP contribution in [-0.4, -0.2) is 0 Å². The van der Waals surface area contributed by atoms with E-state index in [-0.39, 0.29) is 0 Å². The fourth-order valence-corrected chi connectivity index (χ4v) is 0.897. The molecule has 0 fully saturated rings. The summed E-state index contributed by atoms with van der Waals surface area (Å²) in [6, 6.07) is 0. The van der Waals surface area contributed by atoms with Crippen LogP contribution >= 0.6 is 0 Å². The van der Waals surface area contributed by atoms with E-state index in [0.717, 1.165) is 6.42 Å². The molecular weight excluding hydrogens is 110 g/mol. The van der Waals surface area contributed by atoms with Crippen LogP contribution in [0.15, 0.2) is 35.6 Å². The molecule has 1 heteroatoms. The molecular formula is C8H11N. The molecule has 0 amide bonds. The van der Waals surface area contributed by atoms with Gasteiger partial charge in [-0.05, 0) is 25.1 Å². The van der Waals surface area contributed by atoms with Crippen molar-refractivity contribution < 1.29 is 0 Å². The summed E-state index contributed by atoms with van der Waals surface area (Å²) < 4.78 is 0. The van der Waals surface area contributed by atoms with E-state index in [2.05, 4.69) is 25.2 Å². The topological polar surface area (TPSA) is 26.0 Å². The minimum atomic E-state index is 0.980. The molecule has 0 aliphatic heterocycles. The Bertz CT molecular complexity index is 185. The van der Waals surface area contributed by atoms with Gasteiger partial charge in [0.05, 0.1) is 0 Å². The van der Waals surface area contributed by atoms with Crippen molar-refractivity contribution in [1.29, 1.82) is 0 Å². The van der Waals surface area contributed by atoms with Gasteiger partial charge in [0.25, 0.3) is 0 Å². The summed E-state index contributed by atoms with van der Waals surface area (Å²) in [5, 5.41) is 0. The zero-order chi connectivity index (χ0) is 6.69. The average Bonchev–Trinajstić information content (AvgIpc) is 1.88. The molecule has 0 aromatic heterocycles. The van der Waals surface area contributed by atoms with Crippen molar-refractivity contribution in [3.8, 4) is 0 Å². The van der Waals surface area contributed by atoms with E-state index in [4.69, 9.17) is 5.73 Å². The molecule has 0 heterocycles. The van der Waals surface area contributed by atoms with Gasteiger partial charge >= 0.3 is 0 Å². The van der Waals surface area contributed by atoms with Gasteiger partial charge in [0.15, 0.2) is 0 Å². The van der Waals surface area contributed by atoms with E-state index in [1.165, 1.54) is 11.1 Å². The number of allylic oxidation sites excluding steroid dienone is 5. The van der Waals surface area contributed by atoms with E-state index in [1.807, 2.05) is 0 Å². The molecule has 1 aliphatic rings. The summed E-state index contributed by atoms with van der Waals surface area (Å²) in [6.07, 6.45) is 8.96. The average molecular weight is 121 g/mol. The highest BCUT2D eigenvalue weighted by Crippen LogP contribution is 2.13. The predicted octanol–water partition coefficient (Wildman–Crippen LogP) is 1.74. The van der Waals surface area contributed by atoms with Crippen molar-refractivity contribution in [1.82, 2.24) is 0 Å². The molecule has 0 saturated heterocycles. The van der Waals surface area contributed by atoms with E-state index >= 15 is 0 Å². The zero-order valence-corrected chi connectivity index (χ0v) is 5.59. The summed E-state index contributed by atoms with van der Waals surface area (Å²) in [4.78, 5) is 0. The number of hydrogen-bond acceptors (Lipinski definition) is 1. The third-order valence-electron chi connectivity index (χ3n) is 1.36. The van der Waals surface area contributed by atoms with Gasteiger partial charge in [-0.1, -0.05) is 23.8 Å². The summed E-state index contributed by atoms with van der Waals surface area (Å²) >= 11 is 0. The van der Waals surface area contributed by atoms with Crippen LogP contribution in [0.5, 0.6) is 0 Å². The Morgan fingerprint density at radius 2 is 2.44 bits per heavy atom. The normalized spacial score (nSPS) is 22.3. The third-order valence-corrected chi connectivity index (χ3v) is 1.36. The van der Waals surface area contributed by atoms with Crippen LogP contribution in [0, 0.1) is 0 Å². The van der Waals surface area contributed by atoms with Gasteiger partial charge < -0.3 is 5.73 Å². The molecule has 0 bridgehead atoms. The van der Waals surface area contributed by atoms with Crippen LogP contribution in [0.4, 0.5) is 0 Å². The molecule has 0 aromatic rings. The van der Waals surface area contributed by atoms with Crippen molar-refractivity contribution in [3.05, 3.63) is 35.6 Å². The lowest BCUT2D eigenvalue weighted by molar-refractivity contribution is 1.21. The SMILES string of the molecule is CC1=C/C(=C\N)CC=C1. The van der Waals surface area contributed by atoms with Crippen LogP contribution in [0.3, 0.4) is 0 Å². The van der Waals surface area contributed by atoms with Gasteiger partial charge in [-0.2, -0.15) is 0 Å². The Morgan fingerprint density at radius 1 is 1.67 bits per heavy atom. The largest absolute Gasteiger partial charge is 0.404 e. The Balaban J connectivity index is 2.78. The van der Waals surface area contributed by atoms with Gasteiger partial charge in [0, 0.05) is 0 Å². The lowest BCUT2D eigenvalue weighted by Crippen LogP contribution is -1.89. The lowest BCUT2D eigenvalue weighted by Gasteiger charge is -2.02. The molecule has 9 heavy (non-hydrogen) atoms. The first-order valence-corrected chi connectivity index (χ1v) is 3.08. The second kappa shape index (κ2) is 2.53. The maximum absolute atomic E-state index is 5.32. The first-order valence-electron chi connectivity index (χ1n) is 3.08. The van der Waals surface area contributed by atoms with Gasteiger partial charge in [-0.25, -0.2) is 0 Å². The van der Waals surface area contributed by atoms with Gasteiger partial charge in [0.1, 0.15) is 0 Å². The van der Waals surface area contributed by atoms with Crippen molar-refractivity contribution in [2.24, 2.45) is 5.73 Å². The molecule has 48 valence electrons. The maximum Gasteiger partial charge on any atom is -0.00264 e. The van der Waals surface area contributed by atoms with Crippen LogP contribution in [-0.2, 0) is 0 Å². The fourth-order valence-electron chi connectivity index (χ4n) is 0.897. The van der Waals surface area contributed by atoms with Crippen LogP contribution in [0.1, 0.15) is 13.3 Å². The molecule has 2 N–H and O–H groups in total.